The molecule has 2 nitrogen and oxygen atoms in total. The normalized spacial score (nSPS) is 55.7. The summed E-state index contributed by atoms with van der Waals surface area (Å²) in [7, 11) is 0. The Balaban J connectivity index is 1.74. The number of halogens is 1. The lowest BCUT2D eigenvalue weighted by Gasteiger charge is -2.59. The number of hydrogen-bond donors (Lipinski definition) is 1. The predicted molar refractivity (Wildman–Crippen MR) is 87.6 cm³/mol. The number of ketones is 1. The third kappa shape index (κ3) is 1.92. The standard InChI is InChI=1S/C20H29FO2/c1-18-7-4-12(22)10-16(18)17(21)11-13-14(18)5-8-19(2)15(13)6-9-20(19,3)23/h10,13-15,17,23H,4-9,11H2,1-3H3/t13-,14+,15+,17-,18-,19+,20+/m1/s1. The van der Waals surface area contributed by atoms with Gasteiger partial charge in [-0.1, -0.05) is 13.8 Å². The van der Waals surface area contributed by atoms with Crippen LogP contribution in [0.15, 0.2) is 11.6 Å². The van der Waals surface area contributed by atoms with Gasteiger partial charge < -0.3 is 5.11 Å². The molecule has 3 fully saturated rings. The summed E-state index contributed by atoms with van der Waals surface area (Å²) in [6.45, 7) is 6.41. The minimum Gasteiger partial charge on any atom is -0.390 e. The van der Waals surface area contributed by atoms with Crippen LogP contribution < -0.4 is 0 Å². The van der Waals surface area contributed by atoms with Crippen molar-refractivity contribution in [3.63, 3.8) is 0 Å². The lowest BCUT2D eigenvalue weighted by molar-refractivity contribution is -0.128. The molecular weight excluding hydrogens is 291 g/mol. The number of carbonyl (C=O) groups excluding carboxylic acids is 1. The Labute approximate surface area is 138 Å². The van der Waals surface area contributed by atoms with E-state index in [4.69, 9.17) is 0 Å². The van der Waals surface area contributed by atoms with Gasteiger partial charge in [-0.15, -0.1) is 0 Å². The second-order valence-corrected chi connectivity index (χ2v) is 9.33. The van der Waals surface area contributed by atoms with Crippen LogP contribution in [-0.2, 0) is 4.79 Å². The van der Waals surface area contributed by atoms with Crippen molar-refractivity contribution in [1.29, 1.82) is 0 Å². The summed E-state index contributed by atoms with van der Waals surface area (Å²) < 4.78 is 15.0. The minimum atomic E-state index is -0.974. The van der Waals surface area contributed by atoms with Crippen LogP contribution in [-0.4, -0.2) is 22.7 Å². The number of fused-ring (bicyclic) bond motifs is 5. The molecule has 4 rings (SSSR count). The van der Waals surface area contributed by atoms with Crippen molar-refractivity contribution in [2.45, 2.75) is 77.5 Å². The Morgan fingerprint density at radius 3 is 2.57 bits per heavy atom. The Hall–Kier alpha value is -0.700. The zero-order valence-corrected chi connectivity index (χ0v) is 14.6. The Kier molecular flexibility index (Phi) is 3.22. The molecule has 0 saturated heterocycles. The molecule has 0 radical (unpaired) electrons. The molecule has 0 aromatic heterocycles. The van der Waals surface area contributed by atoms with E-state index in [2.05, 4.69) is 13.8 Å². The Bertz CT molecular complexity index is 580. The van der Waals surface area contributed by atoms with Crippen molar-refractivity contribution in [2.24, 2.45) is 28.6 Å². The van der Waals surface area contributed by atoms with Crippen LogP contribution in [0.1, 0.15) is 65.7 Å². The van der Waals surface area contributed by atoms with Gasteiger partial charge in [0.2, 0.25) is 0 Å². The highest BCUT2D eigenvalue weighted by Gasteiger charge is 2.63. The molecule has 23 heavy (non-hydrogen) atoms. The van der Waals surface area contributed by atoms with Gasteiger partial charge in [-0.2, -0.15) is 0 Å². The zero-order chi connectivity index (χ0) is 16.6. The molecule has 0 heterocycles. The predicted octanol–water partition coefficient (Wildman–Crippen LogP) is 4.22. The fourth-order valence-corrected chi connectivity index (χ4v) is 6.80. The van der Waals surface area contributed by atoms with Crippen LogP contribution in [0, 0.1) is 28.6 Å². The van der Waals surface area contributed by atoms with Crippen LogP contribution in [0.4, 0.5) is 4.39 Å². The average Bonchev–Trinajstić information content (AvgIpc) is 2.72. The number of alkyl halides is 1. The van der Waals surface area contributed by atoms with Crippen molar-refractivity contribution in [1.82, 2.24) is 0 Å². The number of carbonyl (C=O) groups is 1. The molecule has 3 saturated carbocycles. The number of rotatable bonds is 0. The van der Waals surface area contributed by atoms with E-state index in [1.807, 2.05) is 6.92 Å². The van der Waals surface area contributed by atoms with Gasteiger partial charge >= 0.3 is 0 Å². The SMILES string of the molecule is C[C@]12CCC(=O)C=C1[C@H](F)C[C@@H]1[C@@H]2CC[C@@]2(C)[C@H]1CC[C@]2(C)O. The first-order chi connectivity index (χ1) is 10.7. The monoisotopic (exact) mass is 320 g/mol. The molecule has 1 N–H and O–H groups in total. The van der Waals surface area contributed by atoms with Gasteiger partial charge in [0.15, 0.2) is 5.78 Å². The lowest BCUT2D eigenvalue weighted by atomic mass is 9.46. The molecule has 0 aromatic rings. The van der Waals surface area contributed by atoms with Gasteiger partial charge in [0.25, 0.3) is 0 Å². The van der Waals surface area contributed by atoms with E-state index >= 15 is 4.39 Å². The van der Waals surface area contributed by atoms with Gasteiger partial charge in [0.05, 0.1) is 5.60 Å². The summed E-state index contributed by atoms with van der Waals surface area (Å²) in [6, 6.07) is 0. The first-order valence-corrected chi connectivity index (χ1v) is 9.30. The molecule has 4 aliphatic carbocycles. The maximum absolute atomic E-state index is 15.0. The zero-order valence-electron chi connectivity index (χ0n) is 14.6. The highest BCUT2D eigenvalue weighted by Crippen LogP contribution is 2.67. The first kappa shape index (κ1) is 15.8. The third-order valence-corrected chi connectivity index (χ3v) is 8.50. The van der Waals surface area contributed by atoms with Gasteiger partial charge in [-0.05, 0) is 85.7 Å². The van der Waals surface area contributed by atoms with E-state index in [9.17, 15) is 9.90 Å². The first-order valence-electron chi connectivity index (χ1n) is 9.30. The van der Waals surface area contributed by atoms with E-state index in [0.717, 1.165) is 37.7 Å². The topological polar surface area (TPSA) is 37.3 Å². The molecular formula is C20H29FO2. The quantitative estimate of drug-likeness (QED) is 0.725. The third-order valence-electron chi connectivity index (χ3n) is 8.50. The lowest BCUT2D eigenvalue weighted by Crippen LogP contribution is -2.55. The average molecular weight is 320 g/mol. The molecule has 0 spiro atoms. The molecule has 0 amide bonds. The summed E-state index contributed by atoms with van der Waals surface area (Å²) in [5.74, 6) is 1.35. The van der Waals surface area contributed by atoms with Crippen molar-refractivity contribution >= 4 is 5.78 Å². The second kappa shape index (κ2) is 4.68. The van der Waals surface area contributed by atoms with E-state index in [-0.39, 0.29) is 16.6 Å². The molecule has 3 heteroatoms. The number of aliphatic hydroxyl groups is 1. The van der Waals surface area contributed by atoms with Crippen molar-refractivity contribution < 1.29 is 14.3 Å². The van der Waals surface area contributed by atoms with Crippen molar-refractivity contribution in [2.75, 3.05) is 0 Å². The fourth-order valence-electron chi connectivity index (χ4n) is 6.80. The maximum atomic E-state index is 15.0. The molecule has 0 unspecified atom stereocenters. The summed E-state index contributed by atoms with van der Waals surface area (Å²) in [5, 5.41) is 10.9. The second-order valence-electron chi connectivity index (χ2n) is 9.33. The van der Waals surface area contributed by atoms with Gasteiger partial charge in [0.1, 0.15) is 6.17 Å². The highest BCUT2D eigenvalue weighted by molar-refractivity contribution is 5.91. The van der Waals surface area contributed by atoms with E-state index in [1.165, 1.54) is 0 Å². The number of allylic oxidation sites excluding steroid dienone is 1. The maximum Gasteiger partial charge on any atom is 0.155 e. The summed E-state index contributed by atoms with van der Waals surface area (Å²) in [5.41, 5.74) is -0.0564. The fraction of sp³-hybridized carbons (Fsp3) is 0.850. The molecule has 0 bridgehead atoms. The summed E-state index contributed by atoms with van der Waals surface area (Å²) in [4.78, 5) is 11.8. The molecule has 128 valence electrons. The smallest absolute Gasteiger partial charge is 0.155 e. The van der Waals surface area contributed by atoms with Crippen LogP contribution in [0.5, 0.6) is 0 Å². The van der Waals surface area contributed by atoms with Crippen LogP contribution in [0.3, 0.4) is 0 Å². The van der Waals surface area contributed by atoms with Gasteiger partial charge in [-0.25, -0.2) is 4.39 Å². The number of hydrogen-bond acceptors (Lipinski definition) is 2. The molecule has 4 aliphatic rings. The molecule has 0 aromatic carbocycles. The minimum absolute atomic E-state index is 0.0735. The largest absolute Gasteiger partial charge is 0.390 e. The van der Waals surface area contributed by atoms with Crippen molar-refractivity contribution in [3.05, 3.63) is 11.6 Å². The van der Waals surface area contributed by atoms with E-state index in [1.54, 1.807) is 6.08 Å². The van der Waals surface area contributed by atoms with Gasteiger partial charge in [0, 0.05) is 6.42 Å². The van der Waals surface area contributed by atoms with Crippen LogP contribution >= 0.6 is 0 Å². The summed E-state index contributed by atoms with van der Waals surface area (Å²) in [6.07, 6.45) is 6.52. The Morgan fingerprint density at radius 1 is 1.13 bits per heavy atom. The van der Waals surface area contributed by atoms with E-state index < -0.39 is 11.8 Å². The highest BCUT2D eigenvalue weighted by atomic mass is 19.1. The van der Waals surface area contributed by atoms with Crippen molar-refractivity contribution in [3.8, 4) is 0 Å². The molecule has 0 aliphatic heterocycles. The Morgan fingerprint density at radius 2 is 1.83 bits per heavy atom. The molecule has 7 atom stereocenters. The van der Waals surface area contributed by atoms with Crippen LogP contribution in [0.25, 0.3) is 0 Å². The summed E-state index contributed by atoms with van der Waals surface area (Å²) >= 11 is 0. The van der Waals surface area contributed by atoms with E-state index in [0.29, 0.717) is 30.6 Å². The van der Waals surface area contributed by atoms with Crippen LogP contribution in [0.2, 0.25) is 0 Å². The van der Waals surface area contributed by atoms with Gasteiger partial charge in [-0.3, -0.25) is 4.79 Å².